The van der Waals surface area contributed by atoms with E-state index in [2.05, 4.69) is 4.99 Å². The number of thiazole rings is 1. The number of hydrogen-bond acceptors (Lipinski definition) is 10. The first-order chi connectivity index (χ1) is 23.2. The Balaban J connectivity index is 1.55. The summed E-state index contributed by atoms with van der Waals surface area (Å²) in [5.74, 6) is 0.0798. The van der Waals surface area contributed by atoms with Gasteiger partial charge in [0.05, 0.1) is 48.4 Å². The average Bonchev–Trinajstić information content (AvgIpc) is 3.65. The summed E-state index contributed by atoms with van der Waals surface area (Å²) in [7, 11) is 3.05. The number of aromatic nitrogens is 3. The third kappa shape index (κ3) is 6.17. The molecule has 3 heterocycles. The van der Waals surface area contributed by atoms with Crippen LogP contribution in [0.25, 0.3) is 23.0 Å². The Bertz CT molecular complexity index is 2230. The summed E-state index contributed by atoms with van der Waals surface area (Å²) >= 11 is 1.21. The van der Waals surface area contributed by atoms with Crippen LogP contribution in [0.2, 0.25) is 0 Å². The monoisotopic (exact) mass is 664 g/mol. The Morgan fingerprint density at radius 2 is 1.73 bits per heavy atom. The number of fused-ring (bicyclic) bond motifs is 1. The van der Waals surface area contributed by atoms with E-state index in [-0.39, 0.29) is 29.2 Å². The van der Waals surface area contributed by atoms with Gasteiger partial charge in [0.25, 0.3) is 5.56 Å². The molecule has 48 heavy (non-hydrogen) atoms. The Labute approximate surface area is 279 Å². The number of carbonyl (C=O) groups excluding carboxylic acids is 2. The molecule has 0 fully saturated rings. The zero-order chi connectivity index (χ0) is 33.9. The minimum Gasteiger partial charge on any atom is -0.497 e. The smallest absolute Gasteiger partial charge is 0.338 e. The zero-order valence-corrected chi connectivity index (χ0v) is 27.7. The van der Waals surface area contributed by atoms with Gasteiger partial charge in [0.2, 0.25) is 0 Å². The molecule has 3 aromatic carbocycles. The van der Waals surface area contributed by atoms with Gasteiger partial charge in [-0.05, 0) is 74.0 Å². The van der Waals surface area contributed by atoms with E-state index in [1.165, 1.54) is 29.9 Å². The Kier molecular flexibility index (Phi) is 9.08. The lowest BCUT2D eigenvalue weighted by molar-refractivity contribution is -0.139. The standard InChI is InChI=1S/C36H32N4O7S/c1-6-46-35(43)31-21(2)37-36-40(33(31)24-14-17-28(47-22(3)41)29(18-24)45-5)34(42)30(48-36)19-25-20-39(26-10-8-7-9-11-26)38-32(25)23-12-15-27(44-4)16-13-23/h7-20,33H,6H2,1-5H3/b30-19+/t33-/m1/s1. The van der Waals surface area contributed by atoms with Gasteiger partial charge in [-0.25, -0.2) is 14.5 Å². The van der Waals surface area contributed by atoms with Crippen LogP contribution in [0.3, 0.4) is 0 Å². The predicted molar refractivity (Wildman–Crippen MR) is 180 cm³/mol. The minimum absolute atomic E-state index is 0.140. The van der Waals surface area contributed by atoms with Crippen LogP contribution in [0.15, 0.2) is 100 Å². The van der Waals surface area contributed by atoms with Crippen molar-refractivity contribution in [3.63, 3.8) is 0 Å². The van der Waals surface area contributed by atoms with Gasteiger partial charge in [-0.1, -0.05) is 35.6 Å². The van der Waals surface area contributed by atoms with Crippen LogP contribution in [-0.4, -0.2) is 47.1 Å². The predicted octanol–water partition coefficient (Wildman–Crippen LogP) is 4.59. The summed E-state index contributed by atoms with van der Waals surface area (Å²) < 4.78 is 25.2. The molecule has 0 aliphatic carbocycles. The number of hydrogen-bond donors (Lipinski definition) is 0. The molecule has 6 rings (SSSR count). The molecule has 0 N–H and O–H groups in total. The molecular formula is C36H32N4O7S. The van der Waals surface area contributed by atoms with Crippen molar-refractivity contribution >= 4 is 29.4 Å². The maximum Gasteiger partial charge on any atom is 0.338 e. The first kappa shape index (κ1) is 32.2. The molecule has 11 nitrogen and oxygen atoms in total. The molecule has 12 heteroatoms. The average molecular weight is 665 g/mol. The molecule has 0 amide bonds. The van der Waals surface area contributed by atoms with Crippen molar-refractivity contribution in [3.8, 4) is 34.2 Å². The van der Waals surface area contributed by atoms with Crippen molar-refractivity contribution in [1.82, 2.24) is 14.3 Å². The molecule has 0 bridgehead atoms. The van der Waals surface area contributed by atoms with Gasteiger partial charge in [-0.2, -0.15) is 5.10 Å². The molecule has 1 aliphatic heterocycles. The number of methoxy groups -OCH3 is 2. The maximum atomic E-state index is 14.4. The number of allylic oxidation sites excluding steroid dienone is 1. The number of nitrogens with zero attached hydrogens (tertiary/aromatic N) is 4. The van der Waals surface area contributed by atoms with E-state index in [4.69, 9.17) is 24.0 Å². The van der Waals surface area contributed by atoms with Crippen LogP contribution < -0.4 is 29.1 Å². The number of para-hydroxylation sites is 1. The molecule has 0 unspecified atom stereocenters. The quantitative estimate of drug-likeness (QED) is 0.166. The highest BCUT2D eigenvalue weighted by atomic mass is 32.1. The van der Waals surface area contributed by atoms with Crippen molar-refractivity contribution in [3.05, 3.63) is 121 Å². The molecule has 244 valence electrons. The highest BCUT2D eigenvalue weighted by Crippen LogP contribution is 2.36. The van der Waals surface area contributed by atoms with Crippen molar-refractivity contribution < 1.29 is 28.5 Å². The van der Waals surface area contributed by atoms with E-state index in [9.17, 15) is 14.4 Å². The maximum absolute atomic E-state index is 14.4. The van der Waals surface area contributed by atoms with Gasteiger partial charge >= 0.3 is 11.9 Å². The fourth-order valence-corrected chi connectivity index (χ4v) is 6.56. The van der Waals surface area contributed by atoms with E-state index in [0.29, 0.717) is 37.6 Å². The second kappa shape index (κ2) is 13.5. The minimum atomic E-state index is -0.893. The highest BCUT2D eigenvalue weighted by Gasteiger charge is 2.34. The third-order valence-electron chi connectivity index (χ3n) is 7.69. The molecule has 5 aromatic rings. The summed E-state index contributed by atoms with van der Waals surface area (Å²) in [6, 6.07) is 21.2. The van der Waals surface area contributed by atoms with E-state index >= 15 is 0 Å². The van der Waals surface area contributed by atoms with E-state index in [1.54, 1.807) is 49.9 Å². The van der Waals surface area contributed by atoms with Gasteiger partial charge in [0, 0.05) is 24.2 Å². The Morgan fingerprint density at radius 3 is 2.40 bits per heavy atom. The lowest BCUT2D eigenvalue weighted by Gasteiger charge is -2.25. The van der Waals surface area contributed by atoms with E-state index < -0.39 is 18.0 Å². The number of ether oxygens (including phenoxy) is 4. The number of rotatable bonds is 9. The summed E-state index contributed by atoms with van der Waals surface area (Å²) in [5.41, 5.74) is 3.89. The van der Waals surface area contributed by atoms with E-state index in [0.717, 1.165) is 11.3 Å². The van der Waals surface area contributed by atoms with Gasteiger partial charge in [0.15, 0.2) is 16.3 Å². The number of carbonyl (C=O) groups is 2. The lowest BCUT2D eigenvalue weighted by Crippen LogP contribution is -2.40. The third-order valence-corrected chi connectivity index (χ3v) is 8.67. The van der Waals surface area contributed by atoms with Gasteiger partial charge < -0.3 is 18.9 Å². The zero-order valence-electron chi connectivity index (χ0n) is 26.9. The fourth-order valence-electron chi connectivity index (χ4n) is 5.52. The number of esters is 2. The topological polar surface area (TPSA) is 123 Å². The second-order valence-corrected chi connectivity index (χ2v) is 11.8. The van der Waals surface area contributed by atoms with Gasteiger partial charge in [-0.15, -0.1) is 0 Å². The molecule has 0 saturated carbocycles. The van der Waals surface area contributed by atoms with Crippen molar-refractivity contribution in [2.75, 3.05) is 20.8 Å². The first-order valence-electron chi connectivity index (χ1n) is 15.1. The molecule has 0 saturated heterocycles. The second-order valence-electron chi connectivity index (χ2n) is 10.7. The Hall–Kier alpha value is -5.75. The van der Waals surface area contributed by atoms with Crippen LogP contribution in [0.4, 0.5) is 0 Å². The Morgan fingerprint density at radius 1 is 0.979 bits per heavy atom. The molecule has 1 aliphatic rings. The SMILES string of the molecule is CCOC(=O)C1=C(C)N=c2s/c(=C/c3cn(-c4ccccc4)nc3-c3ccc(OC)cc3)c(=O)n2[C@@H]1c1ccc(OC(C)=O)c(OC)c1. The van der Waals surface area contributed by atoms with Crippen LogP contribution in [0.5, 0.6) is 17.2 Å². The van der Waals surface area contributed by atoms with Crippen molar-refractivity contribution in [1.29, 1.82) is 0 Å². The molecule has 0 radical (unpaired) electrons. The fraction of sp³-hybridized carbons (Fsp3) is 0.194. The highest BCUT2D eigenvalue weighted by molar-refractivity contribution is 7.07. The summed E-state index contributed by atoms with van der Waals surface area (Å²) in [4.78, 5) is 44.5. The van der Waals surface area contributed by atoms with Gasteiger partial charge in [-0.3, -0.25) is 14.2 Å². The number of benzene rings is 3. The summed E-state index contributed by atoms with van der Waals surface area (Å²) in [6.45, 7) is 4.86. The molecule has 0 spiro atoms. The normalized spacial score (nSPS) is 14.3. The van der Waals surface area contributed by atoms with Crippen LogP contribution in [0, 0.1) is 0 Å². The lowest BCUT2D eigenvalue weighted by atomic mass is 9.95. The van der Waals surface area contributed by atoms with Crippen molar-refractivity contribution in [2.45, 2.75) is 26.8 Å². The van der Waals surface area contributed by atoms with Gasteiger partial charge in [0.1, 0.15) is 11.4 Å². The molecule has 2 aromatic heterocycles. The van der Waals surface area contributed by atoms with Crippen LogP contribution >= 0.6 is 11.3 Å². The first-order valence-corrected chi connectivity index (χ1v) is 15.9. The summed E-state index contributed by atoms with van der Waals surface area (Å²) in [6.07, 6.45) is 3.67. The van der Waals surface area contributed by atoms with Crippen molar-refractivity contribution in [2.24, 2.45) is 4.99 Å². The van der Waals surface area contributed by atoms with E-state index in [1.807, 2.05) is 60.8 Å². The largest absolute Gasteiger partial charge is 0.497 e. The molecule has 1 atom stereocenters. The molecular weight excluding hydrogens is 632 g/mol. The van der Waals surface area contributed by atoms with Crippen LogP contribution in [-0.2, 0) is 14.3 Å². The van der Waals surface area contributed by atoms with Crippen LogP contribution in [0.1, 0.15) is 37.9 Å². The summed E-state index contributed by atoms with van der Waals surface area (Å²) in [5, 5.41) is 4.89.